The van der Waals surface area contributed by atoms with Crippen LogP contribution in [-0.2, 0) is 11.0 Å². The molecule has 0 heterocycles. The van der Waals surface area contributed by atoms with Gasteiger partial charge in [-0.1, -0.05) is 29.8 Å². The number of ketones is 1. The summed E-state index contributed by atoms with van der Waals surface area (Å²) in [7, 11) is 0. The van der Waals surface area contributed by atoms with E-state index in [2.05, 4.69) is 0 Å². The van der Waals surface area contributed by atoms with E-state index in [0.29, 0.717) is 17.6 Å². The number of carbonyl (C=O) groups is 1. The van der Waals surface area contributed by atoms with Gasteiger partial charge in [0.15, 0.2) is 5.78 Å². The molecule has 0 N–H and O–H groups in total. The minimum atomic E-state index is -4.57. The highest BCUT2D eigenvalue weighted by Gasteiger charge is 2.34. The molecule has 1 aliphatic carbocycles. The first kappa shape index (κ1) is 17.7. The molecule has 0 bridgehead atoms. The first-order valence-electron chi connectivity index (χ1n) is 7.60. The van der Waals surface area contributed by atoms with E-state index in [4.69, 9.17) is 11.6 Å². The van der Waals surface area contributed by atoms with Gasteiger partial charge < -0.3 is 0 Å². The van der Waals surface area contributed by atoms with Gasteiger partial charge in [-0.3, -0.25) is 4.79 Å². The molecule has 0 aromatic heterocycles. The molecule has 0 fully saturated rings. The van der Waals surface area contributed by atoms with Gasteiger partial charge in [0.1, 0.15) is 5.82 Å². The second-order valence-electron chi connectivity index (χ2n) is 5.98. The van der Waals surface area contributed by atoms with Crippen molar-refractivity contribution in [2.45, 2.75) is 24.9 Å². The molecule has 0 spiro atoms. The summed E-state index contributed by atoms with van der Waals surface area (Å²) in [6.45, 7) is 0. The van der Waals surface area contributed by atoms with Crippen molar-refractivity contribution in [2.75, 3.05) is 0 Å². The molecule has 0 saturated carbocycles. The first-order valence-corrected chi connectivity index (χ1v) is 7.98. The highest BCUT2D eigenvalue weighted by Crippen LogP contribution is 2.40. The number of benzene rings is 2. The second-order valence-corrected chi connectivity index (χ2v) is 6.39. The van der Waals surface area contributed by atoms with Gasteiger partial charge in [0, 0.05) is 6.42 Å². The third kappa shape index (κ3) is 3.93. The van der Waals surface area contributed by atoms with E-state index in [0.717, 1.165) is 11.6 Å². The predicted octanol–water partition coefficient (Wildman–Crippen LogP) is 6.03. The largest absolute Gasteiger partial charge is 0.417 e. The van der Waals surface area contributed by atoms with Gasteiger partial charge in [0.2, 0.25) is 0 Å². The first-order chi connectivity index (χ1) is 11.7. The number of hydrogen-bond donors (Lipinski definition) is 0. The molecule has 0 radical (unpaired) electrons. The topological polar surface area (TPSA) is 17.1 Å². The molecule has 2 aromatic carbocycles. The normalized spacial score (nSPS) is 18.2. The average Bonchev–Trinajstić information content (AvgIpc) is 2.54. The van der Waals surface area contributed by atoms with Crippen LogP contribution in [0.4, 0.5) is 17.6 Å². The Morgan fingerprint density at radius 2 is 1.68 bits per heavy atom. The number of alkyl halides is 3. The highest BCUT2D eigenvalue weighted by atomic mass is 35.5. The Kier molecular flexibility index (Phi) is 4.69. The van der Waals surface area contributed by atoms with Crippen molar-refractivity contribution in [1.82, 2.24) is 0 Å². The van der Waals surface area contributed by atoms with Crippen molar-refractivity contribution in [3.63, 3.8) is 0 Å². The lowest BCUT2D eigenvalue weighted by molar-refractivity contribution is -0.137. The molecule has 0 saturated heterocycles. The molecule has 130 valence electrons. The molecule has 1 aliphatic rings. The van der Waals surface area contributed by atoms with Crippen LogP contribution in [0.3, 0.4) is 0 Å². The summed E-state index contributed by atoms with van der Waals surface area (Å²) < 4.78 is 52.2. The summed E-state index contributed by atoms with van der Waals surface area (Å²) in [5.74, 6) is -0.744. The maximum Gasteiger partial charge on any atom is 0.417 e. The predicted molar refractivity (Wildman–Crippen MR) is 87.8 cm³/mol. The van der Waals surface area contributed by atoms with Gasteiger partial charge >= 0.3 is 6.18 Å². The van der Waals surface area contributed by atoms with Gasteiger partial charge in [-0.2, -0.15) is 13.2 Å². The van der Waals surface area contributed by atoms with Crippen LogP contribution in [0.2, 0.25) is 5.02 Å². The van der Waals surface area contributed by atoms with Crippen molar-refractivity contribution < 1.29 is 22.4 Å². The summed E-state index contributed by atoms with van der Waals surface area (Å²) >= 11 is 5.65. The Morgan fingerprint density at radius 1 is 1.00 bits per heavy atom. The SMILES string of the molecule is O=C1C=C(c2ccc(Cl)c(C(F)(F)F)c2)C[C@@H](c2ccc(F)cc2)C1. The van der Waals surface area contributed by atoms with E-state index in [-0.39, 0.29) is 29.0 Å². The average molecular weight is 369 g/mol. The van der Waals surface area contributed by atoms with E-state index in [1.807, 2.05) is 0 Å². The monoisotopic (exact) mass is 368 g/mol. The van der Waals surface area contributed by atoms with E-state index in [1.54, 1.807) is 12.1 Å². The Morgan fingerprint density at radius 3 is 2.32 bits per heavy atom. The van der Waals surface area contributed by atoms with Crippen molar-refractivity contribution >= 4 is 23.0 Å². The van der Waals surface area contributed by atoms with E-state index in [1.165, 1.54) is 30.3 Å². The molecule has 0 aliphatic heterocycles. The number of hydrogen-bond acceptors (Lipinski definition) is 1. The molecule has 3 rings (SSSR count). The van der Waals surface area contributed by atoms with Crippen molar-refractivity contribution in [3.05, 3.63) is 76.1 Å². The molecule has 1 atom stereocenters. The fraction of sp³-hybridized carbons (Fsp3) is 0.211. The summed E-state index contributed by atoms with van der Waals surface area (Å²) in [6, 6.07) is 9.44. The number of halogens is 5. The highest BCUT2D eigenvalue weighted by molar-refractivity contribution is 6.31. The Bertz CT molecular complexity index is 837. The van der Waals surface area contributed by atoms with E-state index >= 15 is 0 Å². The maximum atomic E-state index is 13.1. The summed E-state index contributed by atoms with van der Waals surface area (Å²) in [4.78, 5) is 12.0. The summed E-state index contributed by atoms with van der Waals surface area (Å²) in [5.41, 5.74) is 0.693. The molecule has 1 nitrogen and oxygen atoms in total. The molecule has 0 amide bonds. The van der Waals surface area contributed by atoms with Crippen LogP contribution < -0.4 is 0 Å². The van der Waals surface area contributed by atoms with Crippen LogP contribution in [0.1, 0.15) is 35.4 Å². The van der Waals surface area contributed by atoms with Gasteiger partial charge in [0.25, 0.3) is 0 Å². The zero-order chi connectivity index (χ0) is 18.2. The van der Waals surface area contributed by atoms with E-state index in [9.17, 15) is 22.4 Å². The van der Waals surface area contributed by atoms with Crippen LogP contribution in [0, 0.1) is 5.82 Å². The third-order valence-corrected chi connectivity index (χ3v) is 4.56. The lowest BCUT2D eigenvalue weighted by Gasteiger charge is -2.23. The lowest BCUT2D eigenvalue weighted by atomic mass is 9.81. The quantitative estimate of drug-likeness (QED) is 0.592. The molecular formula is C19H13ClF4O. The van der Waals surface area contributed by atoms with Crippen LogP contribution >= 0.6 is 11.6 Å². The third-order valence-electron chi connectivity index (χ3n) is 4.23. The van der Waals surface area contributed by atoms with Crippen molar-refractivity contribution in [2.24, 2.45) is 0 Å². The number of rotatable bonds is 2. The molecule has 6 heteroatoms. The van der Waals surface area contributed by atoms with Crippen molar-refractivity contribution in [3.8, 4) is 0 Å². The zero-order valence-electron chi connectivity index (χ0n) is 12.9. The van der Waals surface area contributed by atoms with Gasteiger partial charge in [-0.05, 0) is 59.4 Å². The fourth-order valence-electron chi connectivity index (χ4n) is 3.01. The molecule has 2 aromatic rings. The standard InChI is InChI=1S/C19H13ClF4O/c20-18-6-3-12(10-17(18)19(22,23)24)14-7-13(8-16(25)9-14)11-1-4-15(21)5-2-11/h1-6,9-10,13H,7-8H2/t13-/m1/s1. The zero-order valence-corrected chi connectivity index (χ0v) is 13.7. The Labute approximate surface area is 146 Å². The smallest absolute Gasteiger partial charge is 0.295 e. The second kappa shape index (κ2) is 6.64. The minimum Gasteiger partial charge on any atom is -0.295 e. The lowest BCUT2D eigenvalue weighted by Crippen LogP contribution is -2.13. The van der Waals surface area contributed by atoms with Crippen LogP contribution in [0.5, 0.6) is 0 Å². The van der Waals surface area contributed by atoms with Crippen LogP contribution in [0.25, 0.3) is 5.57 Å². The minimum absolute atomic E-state index is 0.168. The van der Waals surface area contributed by atoms with Crippen LogP contribution in [-0.4, -0.2) is 5.78 Å². The molecular weight excluding hydrogens is 356 g/mol. The summed E-state index contributed by atoms with van der Waals surface area (Å²) in [5, 5.41) is -0.380. The Balaban J connectivity index is 1.94. The van der Waals surface area contributed by atoms with Gasteiger partial charge in [-0.15, -0.1) is 0 Å². The van der Waals surface area contributed by atoms with Crippen molar-refractivity contribution in [1.29, 1.82) is 0 Å². The fourth-order valence-corrected chi connectivity index (χ4v) is 3.23. The maximum absolute atomic E-state index is 13.1. The molecule has 25 heavy (non-hydrogen) atoms. The Hall–Kier alpha value is -2.14. The van der Waals surface area contributed by atoms with E-state index < -0.39 is 11.7 Å². The summed E-state index contributed by atoms with van der Waals surface area (Å²) in [6.07, 6.45) is -2.54. The number of carbonyl (C=O) groups excluding carboxylic acids is 1. The van der Waals surface area contributed by atoms with Gasteiger partial charge in [-0.25, -0.2) is 4.39 Å². The molecule has 0 unspecified atom stereocenters. The van der Waals surface area contributed by atoms with Crippen LogP contribution in [0.15, 0.2) is 48.5 Å². The number of allylic oxidation sites excluding steroid dienone is 2. The van der Waals surface area contributed by atoms with Gasteiger partial charge in [0.05, 0.1) is 10.6 Å².